The fraction of sp³-hybridized carbons (Fsp3) is 0.500. The Morgan fingerprint density at radius 1 is 1.00 bits per heavy atom. The molecule has 1 atom stereocenters. The van der Waals surface area contributed by atoms with Gasteiger partial charge in [-0.1, -0.05) is 6.07 Å². The summed E-state index contributed by atoms with van der Waals surface area (Å²) in [6.45, 7) is 9.05. The van der Waals surface area contributed by atoms with Crippen LogP contribution in [0.25, 0.3) is 0 Å². The molecule has 0 aromatic carbocycles. The van der Waals surface area contributed by atoms with Crippen molar-refractivity contribution in [2.75, 3.05) is 42.6 Å². The maximum absolute atomic E-state index is 13.1. The number of piperazine rings is 1. The number of aryl methyl sites for hydroxylation is 2. The first-order valence-corrected chi connectivity index (χ1v) is 11.4. The Labute approximate surface area is 200 Å². The third-order valence-electron chi connectivity index (χ3n) is 6.60. The lowest BCUT2D eigenvalue weighted by molar-refractivity contribution is 0.0746. The molecule has 2 saturated heterocycles. The van der Waals surface area contributed by atoms with E-state index in [1.54, 1.807) is 11.1 Å². The summed E-state index contributed by atoms with van der Waals surface area (Å²) < 4.78 is 5.10. The highest BCUT2D eigenvalue weighted by molar-refractivity contribution is 5.95. The summed E-state index contributed by atoms with van der Waals surface area (Å²) in [5.41, 5.74) is 3.89. The largest absolute Gasteiger partial charge is 0.447 e. The van der Waals surface area contributed by atoms with Gasteiger partial charge in [0, 0.05) is 38.6 Å². The molecule has 2 aliphatic heterocycles. The number of cyclic esters (lactones) is 1. The van der Waals surface area contributed by atoms with E-state index < -0.39 is 6.09 Å². The van der Waals surface area contributed by atoms with E-state index in [9.17, 15) is 9.59 Å². The van der Waals surface area contributed by atoms with E-state index >= 15 is 0 Å². The van der Waals surface area contributed by atoms with Crippen molar-refractivity contribution in [2.24, 2.45) is 0 Å². The minimum absolute atomic E-state index is 0. The number of aromatic nitrogens is 2. The number of hydrogen-bond donors (Lipinski definition) is 0. The molecule has 2 aromatic rings. The molecule has 0 bridgehead atoms. The maximum atomic E-state index is 13.1. The van der Waals surface area contributed by atoms with Gasteiger partial charge in [0.15, 0.2) is 0 Å². The summed E-state index contributed by atoms with van der Waals surface area (Å²) in [5, 5.41) is 0. The molecule has 1 saturated carbocycles. The number of pyridine rings is 2. The fourth-order valence-corrected chi connectivity index (χ4v) is 4.61. The Hall–Kier alpha value is -2.87. The van der Waals surface area contributed by atoms with Gasteiger partial charge in [-0.15, -0.1) is 12.4 Å². The van der Waals surface area contributed by atoms with Crippen LogP contribution in [0, 0.1) is 13.8 Å². The highest BCUT2D eigenvalue weighted by Gasteiger charge is 2.33. The smallest absolute Gasteiger partial charge is 0.415 e. The van der Waals surface area contributed by atoms with Crippen molar-refractivity contribution in [3.05, 3.63) is 46.8 Å². The van der Waals surface area contributed by atoms with Crippen molar-refractivity contribution < 1.29 is 14.3 Å². The zero-order valence-corrected chi connectivity index (χ0v) is 20.1. The molecule has 2 amide bonds. The van der Waals surface area contributed by atoms with Crippen LogP contribution in [0.2, 0.25) is 0 Å². The van der Waals surface area contributed by atoms with Crippen LogP contribution in [0.15, 0.2) is 24.5 Å². The first-order valence-electron chi connectivity index (χ1n) is 11.4. The Kier molecular flexibility index (Phi) is 6.47. The van der Waals surface area contributed by atoms with Crippen LogP contribution < -0.4 is 9.80 Å². The van der Waals surface area contributed by atoms with Gasteiger partial charge in [-0.25, -0.2) is 14.8 Å². The van der Waals surface area contributed by atoms with Crippen molar-refractivity contribution in [1.29, 1.82) is 0 Å². The summed E-state index contributed by atoms with van der Waals surface area (Å²) in [6, 6.07) is 4.01. The van der Waals surface area contributed by atoms with Crippen molar-refractivity contribution in [2.45, 2.75) is 45.6 Å². The Morgan fingerprint density at radius 3 is 2.24 bits per heavy atom. The molecular weight excluding hydrogens is 442 g/mol. The molecule has 8 nitrogen and oxygen atoms in total. The van der Waals surface area contributed by atoms with Crippen LogP contribution in [-0.2, 0) is 4.74 Å². The lowest BCUT2D eigenvalue weighted by atomic mass is 10.1. The minimum atomic E-state index is -0.391. The highest BCUT2D eigenvalue weighted by atomic mass is 35.5. The summed E-state index contributed by atoms with van der Waals surface area (Å²) in [7, 11) is 0. The summed E-state index contributed by atoms with van der Waals surface area (Å²) in [4.78, 5) is 40.0. The third kappa shape index (κ3) is 4.49. The van der Waals surface area contributed by atoms with Gasteiger partial charge in [0.05, 0.1) is 11.6 Å². The van der Waals surface area contributed by atoms with E-state index in [0.29, 0.717) is 37.0 Å². The van der Waals surface area contributed by atoms with Crippen LogP contribution in [0.3, 0.4) is 0 Å². The number of carbonyl (C=O) groups excluding carboxylic acids is 2. The van der Waals surface area contributed by atoms with Crippen LogP contribution in [0.1, 0.15) is 52.7 Å². The number of amides is 2. The lowest BCUT2D eigenvalue weighted by Gasteiger charge is -2.36. The molecule has 9 heteroatoms. The van der Waals surface area contributed by atoms with Gasteiger partial charge in [-0.05, 0) is 62.3 Å². The first-order chi connectivity index (χ1) is 15.4. The number of ether oxygens (including phenoxy) is 1. The minimum Gasteiger partial charge on any atom is -0.447 e. The lowest BCUT2D eigenvalue weighted by Crippen LogP contribution is -2.49. The number of rotatable bonds is 4. The van der Waals surface area contributed by atoms with E-state index in [-0.39, 0.29) is 24.4 Å². The molecule has 4 heterocycles. The van der Waals surface area contributed by atoms with Crippen LogP contribution in [-0.4, -0.2) is 65.7 Å². The SMILES string of the molecule is Cc1cc(C2CC2)cnc1N1CCN(C(=O)c2cnc(N3C(=O)OCC3C)c(C)c2)CC1.Cl. The second kappa shape index (κ2) is 9.17. The zero-order chi connectivity index (χ0) is 22.4. The quantitative estimate of drug-likeness (QED) is 0.676. The predicted molar refractivity (Wildman–Crippen MR) is 129 cm³/mol. The summed E-state index contributed by atoms with van der Waals surface area (Å²) >= 11 is 0. The maximum Gasteiger partial charge on any atom is 0.415 e. The molecule has 33 heavy (non-hydrogen) atoms. The number of anilines is 2. The van der Waals surface area contributed by atoms with Gasteiger partial charge in [0.25, 0.3) is 5.91 Å². The molecule has 1 aliphatic carbocycles. The fourth-order valence-electron chi connectivity index (χ4n) is 4.61. The second-order valence-corrected chi connectivity index (χ2v) is 9.12. The highest BCUT2D eigenvalue weighted by Crippen LogP contribution is 2.40. The normalized spacial score (nSPS) is 20.5. The summed E-state index contributed by atoms with van der Waals surface area (Å²) in [6.07, 6.45) is 5.75. The first kappa shape index (κ1) is 23.3. The molecule has 2 aromatic heterocycles. The number of carbonyl (C=O) groups is 2. The number of nitrogens with zero attached hydrogens (tertiary/aromatic N) is 5. The average molecular weight is 472 g/mol. The van der Waals surface area contributed by atoms with Crippen molar-refractivity contribution in [3.8, 4) is 0 Å². The van der Waals surface area contributed by atoms with E-state index in [2.05, 4.69) is 22.9 Å². The van der Waals surface area contributed by atoms with Gasteiger partial charge in [0.2, 0.25) is 0 Å². The molecular formula is C24H30ClN5O3. The molecule has 3 aliphatic rings. The Morgan fingerprint density at radius 2 is 1.67 bits per heavy atom. The van der Waals surface area contributed by atoms with Crippen LogP contribution >= 0.6 is 12.4 Å². The molecule has 5 rings (SSSR count). The molecule has 0 N–H and O–H groups in total. The van der Waals surface area contributed by atoms with Crippen LogP contribution in [0.5, 0.6) is 0 Å². The van der Waals surface area contributed by atoms with Gasteiger partial charge in [-0.2, -0.15) is 0 Å². The third-order valence-corrected chi connectivity index (χ3v) is 6.60. The molecule has 0 spiro atoms. The van der Waals surface area contributed by atoms with Crippen molar-refractivity contribution in [1.82, 2.24) is 14.9 Å². The van der Waals surface area contributed by atoms with Crippen LogP contribution in [0.4, 0.5) is 16.4 Å². The second-order valence-electron chi connectivity index (χ2n) is 9.12. The zero-order valence-electron chi connectivity index (χ0n) is 19.3. The standard InChI is InChI=1S/C24H29N5O3.ClH/c1-15-10-19(18-4-5-18)12-25-21(15)27-6-8-28(9-7-27)23(30)20-11-16(2)22(26-13-20)29-17(3)14-32-24(29)31;/h10-13,17-18H,4-9,14H2,1-3H3;1H. The van der Waals surface area contributed by atoms with E-state index in [1.165, 1.54) is 24.0 Å². The van der Waals surface area contributed by atoms with Crippen molar-refractivity contribution >= 4 is 36.0 Å². The average Bonchev–Trinajstić information content (AvgIpc) is 3.59. The molecule has 176 valence electrons. The summed E-state index contributed by atoms with van der Waals surface area (Å²) in [5.74, 6) is 2.25. The van der Waals surface area contributed by atoms with Gasteiger partial charge in [-0.3, -0.25) is 9.69 Å². The van der Waals surface area contributed by atoms with Gasteiger partial charge < -0.3 is 14.5 Å². The molecule has 3 fully saturated rings. The van der Waals surface area contributed by atoms with E-state index in [1.807, 2.05) is 31.0 Å². The van der Waals surface area contributed by atoms with E-state index in [4.69, 9.17) is 9.72 Å². The monoisotopic (exact) mass is 471 g/mol. The topological polar surface area (TPSA) is 78.9 Å². The predicted octanol–water partition coefficient (Wildman–Crippen LogP) is 3.70. The van der Waals surface area contributed by atoms with E-state index in [0.717, 1.165) is 24.5 Å². The van der Waals surface area contributed by atoms with Crippen molar-refractivity contribution in [3.63, 3.8) is 0 Å². The number of halogens is 1. The Bertz CT molecular complexity index is 1070. The number of hydrogen-bond acceptors (Lipinski definition) is 6. The Balaban J connectivity index is 0.00000259. The van der Waals surface area contributed by atoms with Gasteiger partial charge in [0.1, 0.15) is 18.2 Å². The molecule has 1 unspecified atom stereocenters. The van der Waals surface area contributed by atoms with Gasteiger partial charge >= 0.3 is 6.09 Å². The molecule has 0 radical (unpaired) electrons.